The molecule has 0 bridgehead atoms. The number of hydrazine groups is 1. The lowest BCUT2D eigenvalue weighted by atomic mass is 10.2. The van der Waals surface area contributed by atoms with Crippen LogP contribution in [0, 0.1) is 5.82 Å². The molecule has 2 aliphatic rings. The van der Waals surface area contributed by atoms with E-state index >= 15 is 0 Å². The van der Waals surface area contributed by atoms with Crippen LogP contribution in [0.3, 0.4) is 0 Å². The highest BCUT2D eigenvalue weighted by Gasteiger charge is 2.27. The van der Waals surface area contributed by atoms with Gasteiger partial charge in [-0.1, -0.05) is 12.5 Å². The Morgan fingerprint density at radius 2 is 2.28 bits per heavy atom. The average Bonchev–Trinajstić information content (AvgIpc) is 2.88. The Labute approximate surface area is 151 Å². The number of halogens is 1. The quantitative estimate of drug-likeness (QED) is 0.635. The highest BCUT2D eigenvalue weighted by molar-refractivity contribution is 7.80. The summed E-state index contributed by atoms with van der Waals surface area (Å²) in [5.74, 6) is -0.339. The van der Waals surface area contributed by atoms with Gasteiger partial charge in [0.15, 0.2) is 17.5 Å². The SMILES string of the molecule is C=CCN1C(=O)COc2cc(F)c(NC(=S)N3CCCCCN3)cc21. The van der Waals surface area contributed by atoms with Crippen LogP contribution in [-0.4, -0.2) is 42.3 Å². The maximum atomic E-state index is 14.4. The van der Waals surface area contributed by atoms with Gasteiger partial charge in [-0.15, -0.1) is 6.58 Å². The van der Waals surface area contributed by atoms with E-state index in [4.69, 9.17) is 17.0 Å². The molecule has 2 aliphatic heterocycles. The van der Waals surface area contributed by atoms with Gasteiger partial charge in [0.05, 0.1) is 11.4 Å². The number of amides is 1. The molecule has 0 aliphatic carbocycles. The van der Waals surface area contributed by atoms with Crippen molar-refractivity contribution in [3.05, 3.63) is 30.6 Å². The van der Waals surface area contributed by atoms with Gasteiger partial charge in [0.1, 0.15) is 5.75 Å². The second kappa shape index (κ2) is 7.79. The van der Waals surface area contributed by atoms with Gasteiger partial charge in [0, 0.05) is 25.7 Å². The summed E-state index contributed by atoms with van der Waals surface area (Å²) >= 11 is 5.39. The smallest absolute Gasteiger partial charge is 0.265 e. The van der Waals surface area contributed by atoms with E-state index in [1.54, 1.807) is 12.1 Å². The molecular formula is C17H21FN4O2S. The Morgan fingerprint density at radius 3 is 3.08 bits per heavy atom. The number of nitrogens with one attached hydrogen (secondary N) is 2. The molecule has 1 fully saturated rings. The van der Waals surface area contributed by atoms with Crippen LogP contribution < -0.4 is 20.4 Å². The number of carbonyl (C=O) groups is 1. The first kappa shape index (κ1) is 17.6. The molecule has 1 saturated heterocycles. The van der Waals surface area contributed by atoms with Gasteiger partial charge in [-0.3, -0.25) is 9.80 Å². The van der Waals surface area contributed by atoms with Gasteiger partial charge in [0.25, 0.3) is 5.91 Å². The van der Waals surface area contributed by atoms with Crippen molar-refractivity contribution >= 4 is 34.6 Å². The maximum Gasteiger partial charge on any atom is 0.265 e. The highest BCUT2D eigenvalue weighted by atomic mass is 32.1. The van der Waals surface area contributed by atoms with Crippen molar-refractivity contribution in [2.24, 2.45) is 0 Å². The lowest BCUT2D eigenvalue weighted by molar-refractivity contribution is -0.121. The fraction of sp³-hybridized carbons (Fsp3) is 0.412. The lowest BCUT2D eigenvalue weighted by Crippen LogP contribution is -2.45. The van der Waals surface area contributed by atoms with E-state index in [1.165, 1.54) is 11.0 Å². The van der Waals surface area contributed by atoms with Gasteiger partial charge < -0.3 is 15.0 Å². The Balaban J connectivity index is 1.83. The molecule has 0 unspecified atom stereocenters. The van der Waals surface area contributed by atoms with E-state index in [-0.39, 0.29) is 18.2 Å². The minimum absolute atomic E-state index is 0.108. The summed E-state index contributed by atoms with van der Waals surface area (Å²) < 4.78 is 19.8. The minimum atomic E-state index is -0.483. The summed E-state index contributed by atoms with van der Waals surface area (Å²) in [5, 5.41) is 5.16. The molecule has 25 heavy (non-hydrogen) atoms. The number of thiocarbonyl (C=S) groups is 1. The summed E-state index contributed by atoms with van der Waals surface area (Å²) in [4.78, 5) is 13.6. The van der Waals surface area contributed by atoms with Gasteiger partial charge in [-0.05, 0) is 31.1 Å². The maximum absolute atomic E-state index is 14.4. The first-order valence-corrected chi connectivity index (χ1v) is 8.70. The van der Waals surface area contributed by atoms with Crippen molar-refractivity contribution in [2.45, 2.75) is 19.3 Å². The van der Waals surface area contributed by atoms with E-state index in [9.17, 15) is 9.18 Å². The van der Waals surface area contributed by atoms with Crippen molar-refractivity contribution < 1.29 is 13.9 Å². The summed E-state index contributed by atoms with van der Waals surface area (Å²) in [7, 11) is 0. The molecule has 3 rings (SSSR count). The second-order valence-corrected chi connectivity index (χ2v) is 6.32. The highest BCUT2D eigenvalue weighted by Crippen LogP contribution is 2.36. The van der Waals surface area contributed by atoms with Crippen LogP contribution in [0.1, 0.15) is 19.3 Å². The molecule has 6 nitrogen and oxygen atoms in total. The molecule has 1 aromatic rings. The van der Waals surface area contributed by atoms with E-state index in [2.05, 4.69) is 17.3 Å². The van der Waals surface area contributed by atoms with Crippen LogP contribution in [0.25, 0.3) is 0 Å². The number of carbonyl (C=O) groups excluding carboxylic acids is 1. The zero-order chi connectivity index (χ0) is 17.8. The first-order valence-electron chi connectivity index (χ1n) is 8.30. The zero-order valence-corrected chi connectivity index (χ0v) is 14.7. The zero-order valence-electron chi connectivity index (χ0n) is 13.9. The standard InChI is InChI=1S/C17H21FN4O2S/c1-2-7-21-14-10-13(12(18)9-15(14)24-11-16(21)23)20-17(25)22-8-5-3-4-6-19-22/h2,9-10,19H,1,3-8,11H2,(H,20,25). The molecule has 0 radical (unpaired) electrons. The third-order valence-electron chi connectivity index (χ3n) is 4.15. The third kappa shape index (κ3) is 3.91. The van der Waals surface area contributed by atoms with Crippen molar-refractivity contribution in [3.63, 3.8) is 0 Å². The molecule has 8 heteroatoms. The summed E-state index contributed by atoms with van der Waals surface area (Å²) in [5.41, 5.74) is 3.94. The number of benzene rings is 1. The molecule has 0 aromatic heterocycles. The molecule has 2 N–H and O–H groups in total. The molecule has 134 valence electrons. The predicted octanol–water partition coefficient (Wildman–Crippen LogP) is 2.42. The van der Waals surface area contributed by atoms with E-state index < -0.39 is 5.82 Å². The van der Waals surface area contributed by atoms with Gasteiger partial charge in [-0.25, -0.2) is 9.82 Å². The van der Waals surface area contributed by atoms with Crippen LogP contribution in [0.2, 0.25) is 0 Å². The summed E-state index contributed by atoms with van der Waals surface area (Å²) in [6, 6.07) is 2.83. The van der Waals surface area contributed by atoms with Crippen molar-refractivity contribution in [2.75, 3.05) is 36.5 Å². The molecule has 0 saturated carbocycles. The van der Waals surface area contributed by atoms with Crippen molar-refractivity contribution in [1.82, 2.24) is 10.4 Å². The molecule has 0 atom stereocenters. The summed E-state index contributed by atoms with van der Waals surface area (Å²) in [6.45, 7) is 5.49. The fourth-order valence-corrected chi connectivity index (χ4v) is 3.13. The van der Waals surface area contributed by atoms with Crippen molar-refractivity contribution in [1.29, 1.82) is 0 Å². The number of ether oxygens (including phenoxy) is 1. The normalized spacial score (nSPS) is 17.4. The largest absolute Gasteiger partial charge is 0.481 e. The van der Waals surface area contributed by atoms with E-state index in [0.29, 0.717) is 23.1 Å². The van der Waals surface area contributed by atoms with Gasteiger partial charge >= 0.3 is 0 Å². The van der Waals surface area contributed by atoms with E-state index in [1.807, 2.05) is 5.01 Å². The van der Waals surface area contributed by atoms with E-state index in [0.717, 1.165) is 32.4 Å². The van der Waals surface area contributed by atoms with Crippen LogP contribution in [0.15, 0.2) is 24.8 Å². The topological polar surface area (TPSA) is 56.8 Å². The second-order valence-electron chi connectivity index (χ2n) is 5.93. The Hall–Kier alpha value is -2.19. The number of nitrogens with zero attached hydrogens (tertiary/aromatic N) is 2. The molecular weight excluding hydrogens is 343 g/mol. The molecule has 0 spiro atoms. The predicted molar refractivity (Wildman–Crippen MR) is 99.2 cm³/mol. The number of fused-ring (bicyclic) bond motifs is 1. The number of anilines is 2. The number of hydrogen-bond acceptors (Lipinski definition) is 4. The Kier molecular flexibility index (Phi) is 5.50. The Morgan fingerprint density at radius 1 is 1.44 bits per heavy atom. The third-order valence-corrected chi connectivity index (χ3v) is 4.47. The van der Waals surface area contributed by atoms with Crippen molar-refractivity contribution in [3.8, 4) is 5.75 Å². The monoisotopic (exact) mass is 364 g/mol. The van der Waals surface area contributed by atoms with Crippen LogP contribution in [0.5, 0.6) is 5.75 Å². The lowest BCUT2D eigenvalue weighted by Gasteiger charge is -2.30. The van der Waals surface area contributed by atoms with Crippen LogP contribution >= 0.6 is 12.2 Å². The van der Waals surface area contributed by atoms with Crippen LogP contribution in [0.4, 0.5) is 15.8 Å². The molecule has 1 amide bonds. The number of rotatable bonds is 3. The number of hydrogen-bond donors (Lipinski definition) is 2. The first-order chi connectivity index (χ1) is 12.1. The Bertz CT molecular complexity index is 689. The molecule has 2 heterocycles. The van der Waals surface area contributed by atoms with Crippen LogP contribution in [-0.2, 0) is 4.79 Å². The molecule has 1 aromatic carbocycles. The average molecular weight is 364 g/mol. The minimum Gasteiger partial charge on any atom is -0.481 e. The summed E-state index contributed by atoms with van der Waals surface area (Å²) in [6.07, 6.45) is 4.86. The van der Waals surface area contributed by atoms with Gasteiger partial charge in [-0.2, -0.15) is 0 Å². The van der Waals surface area contributed by atoms with Gasteiger partial charge in [0.2, 0.25) is 0 Å². The fourth-order valence-electron chi connectivity index (χ4n) is 2.87.